The van der Waals surface area contributed by atoms with E-state index in [-0.39, 0.29) is 30.8 Å². The van der Waals surface area contributed by atoms with Crippen LogP contribution in [0.25, 0.3) is 0 Å². The number of nitrogens with one attached hydrogen (secondary N) is 1. The highest BCUT2D eigenvalue weighted by molar-refractivity contribution is 5.87. The van der Waals surface area contributed by atoms with Crippen LogP contribution in [-0.2, 0) is 22.7 Å². The van der Waals surface area contributed by atoms with Crippen molar-refractivity contribution in [1.82, 2.24) is 10.2 Å². The summed E-state index contributed by atoms with van der Waals surface area (Å²) in [5, 5.41) is 2.87. The van der Waals surface area contributed by atoms with Crippen molar-refractivity contribution in [3.63, 3.8) is 0 Å². The van der Waals surface area contributed by atoms with Crippen molar-refractivity contribution in [2.24, 2.45) is 0 Å². The van der Waals surface area contributed by atoms with Crippen molar-refractivity contribution in [3.05, 3.63) is 102 Å². The van der Waals surface area contributed by atoms with Gasteiger partial charge in [-0.2, -0.15) is 0 Å². The van der Waals surface area contributed by atoms with Gasteiger partial charge in [0, 0.05) is 13.1 Å². The van der Waals surface area contributed by atoms with Crippen molar-refractivity contribution in [1.29, 1.82) is 0 Å². The first-order valence-corrected chi connectivity index (χ1v) is 10.1. The van der Waals surface area contributed by atoms with Crippen LogP contribution in [-0.4, -0.2) is 29.4 Å². The first kappa shape index (κ1) is 22.0. The van der Waals surface area contributed by atoms with Gasteiger partial charge in [0.2, 0.25) is 5.91 Å². The Bertz CT molecular complexity index is 979. The Morgan fingerprint density at radius 3 is 2.16 bits per heavy atom. The fourth-order valence-electron chi connectivity index (χ4n) is 3.05. The summed E-state index contributed by atoms with van der Waals surface area (Å²) in [5.74, 6) is -0.406. The standard InChI is InChI=1S/C25H25FN2O3/c1-19(25(30)27-16-20-8-4-2-5-9-20)28(17-21-12-14-22(26)15-13-21)24(29)18-31-23-10-6-3-7-11-23/h2-15,19H,16-18H2,1H3,(H,27,30)/t19-/m1/s1. The molecular weight excluding hydrogens is 395 g/mol. The second-order valence-corrected chi connectivity index (χ2v) is 7.13. The number of benzene rings is 3. The quantitative estimate of drug-likeness (QED) is 0.571. The number of ether oxygens (including phenoxy) is 1. The predicted molar refractivity (Wildman–Crippen MR) is 117 cm³/mol. The average Bonchev–Trinajstić information content (AvgIpc) is 2.81. The topological polar surface area (TPSA) is 58.6 Å². The van der Waals surface area contributed by atoms with Crippen molar-refractivity contribution in [2.75, 3.05) is 6.61 Å². The van der Waals surface area contributed by atoms with E-state index in [1.807, 2.05) is 48.5 Å². The SMILES string of the molecule is C[C@H](C(=O)NCc1ccccc1)N(Cc1ccc(F)cc1)C(=O)COc1ccccc1. The number of para-hydroxylation sites is 1. The minimum Gasteiger partial charge on any atom is -0.484 e. The molecule has 3 aromatic rings. The van der Waals surface area contributed by atoms with Gasteiger partial charge in [0.25, 0.3) is 5.91 Å². The van der Waals surface area contributed by atoms with Gasteiger partial charge >= 0.3 is 0 Å². The first-order valence-electron chi connectivity index (χ1n) is 10.1. The summed E-state index contributed by atoms with van der Waals surface area (Å²) in [6.07, 6.45) is 0. The van der Waals surface area contributed by atoms with Gasteiger partial charge < -0.3 is 15.0 Å². The minimum absolute atomic E-state index is 0.164. The van der Waals surface area contributed by atoms with Crippen LogP contribution in [0.5, 0.6) is 5.75 Å². The van der Waals surface area contributed by atoms with Crippen LogP contribution in [0, 0.1) is 5.82 Å². The Kier molecular flexibility index (Phi) is 7.76. The minimum atomic E-state index is -0.736. The van der Waals surface area contributed by atoms with Crippen LogP contribution in [0.3, 0.4) is 0 Å². The zero-order chi connectivity index (χ0) is 22.1. The molecule has 0 spiro atoms. The van der Waals surface area contributed by atoms with Gasteiger partial charge in [-0.1, -0.05) is 60.7 Å². The largest absolute Gasteiger partial charge is 0.484 e. The fourth-order valence-corrected chi connectivity index (χ4v) is 3.05. The van der Waals surface area contributed by atoms with E-state index >= 15 is 0 Å². The predicted octanol–water partition coefficient (Wildman–Crippen LogP) is 3.94. The molecule has 0 heterocycles. The molecule has 0 aliphatic heterocycles. The van der Waals surface area contributed by atoms with Gasteiger partial charge in [0.1, 0.15) is 17.6 Å². The maximum Gasteiger partial charge on any atom is 0.261 e. The van der Waals surface area contributed by atoms with E-state index < -0.39 is 6.04 Å². The highest BCUT2D eigenvalue weighted by atomic mass is 19.1. The average molecular weight is 420 g/mol. The summed E-state index contributed by atoms with van der Waals surface area (Å²) >= 11 is 0. The number of halogens is 1. The number of nitrogens with zero attached hydrogens (tertiary/aromatic N) is 1. The van der Waals surface area contributed by atoms with Crippen molar-refractivity contribution < 1.29 is 18.7 Å². The van der Waals surface area contributed by atoms with Gasteiger partial charge in [0.05, 0.1) is 0 Å². The monoisotopic (exact) mass is 420 g/mol. The third-order valence-electron chi connectivity index (χ3n) is 4.85. The van der Waals surface area contributed by atoms with Crippen LogP contribution >= 0.6 is 0 Å². The molecule has 0 radical (unpaired) electrons. The van der Waals surface area contributed by atoms with Gasteiger partial charge in [-0.05, 0) is 42.3 Å². The molecule has 160 valence electrons. The number of hydrogen-bond acceptors (Lipinski definition) is 3. The second-order valence-electron chi connectivity index (χ2n) is 7.13. The normalized spacial score (nSPS) is 11.4. The lowest BCUT2D eigenvalue weighted by Crippen LogP contribution is -2.48. The Morgan fingerprint density at radius 2 is 1.52 bits per heavy atom. The number of carbonyl (C=O) groups is 2. The maximum atomic E-state index is 13.3. The molecule has 3 aromatic carbocycles. The zero-order valence-electron chi connectivity index (χ0n) is 17.3. The van der Waals surface area contributed by atoms with Crippen LogP contribution < -0.4 is 10.1 Å². The molecule has 6 heteroatoms. The third kappa shape index (κ3) is 6.67. The molecular formula is C25H25FN2O3. The van der Waals surface area contributed by atoms with Gasteiger partial charge in [-0.25, -0.2) is 4.39 Å². The molecule has 1 N–H and O–H groups in total. The van der Waals surface area contributed by atoms with E-state index in [9.17, 15) is 14.0 Å². The van der Waals surface area contributed by atoms with E-state index in [0.717, 1.165) is 11.1 Å². The van der Waals surface area contributed by atoms with E-state index in [1.165, 1.54) is 17.0 Å². The van der Waals surface area contributed by atoms with Crippen LogP contribution in [0.2, 0.25) is 0 Å². The molecule has 0 aliphatic rings. The molecule has 0 fully saturated rings. The van der Waals surface area contributed by atoms with E-state index in [2.05, 4.69) is 5.32 Å². The molecule has 0 aliphatic carbocycles. The van der Waals surface area contributed by atoms with Crippen molar-refractivity contribution >= 4 is 11.8 Å². The van der Waals surface area contributed by atoms with Crippen LogP contribution in [0.1, 0.15) is 18.1 Å². The summed E-state index contributed by atoms with van der Waals surface area (Å²) in [6.45, 7) is 1.99. The number of hydrogen-bond donors (Lipinski definition) is 1. The number of rotatable bonds is 9. The molecule has 0 saturated heterocycles. The van der Waals surface area contributed by atoms with E-state index in [1.54, 1.807) is 31.2 Å². The Morgan fingerprint density at radius 1 is 0.903 bits per heavy atom. The Balaban J connectivity index is 1.69. The van der Waals surface area contributed by atoms with Gasteiger partial charge in [0.15, 0.2) is 6.61 Å². The van der Waals surface area contributed by atoms with E-state index in [4.69, 9.17) is 4.74 Å². The maximum absolute atomic E-state index is 13.3. The fraction of sp³-hybridized carbons (Fsp3) is 0.200. The zero-order valence-corrected chi connectivity index (χ0v) is 17.3. The summed E-state index contributed by atoms with van der Waals surface area (Å²) < 4.78 is 18.9. The Hall–Kier alpha value is -3.67. The van der Waals surface area contributed by atoms with Gasteiger partial charge in [-0.15, -0.1) is 0 Å². The van der Waals surface area contributed by atoms with Gasteiger partial charge in [-0.3, -0.25) is 9.59 Å². The highest BCUT2D eigenvalue weighted by Gasteiger charge is 2.26. The summed E-state index contributed by atoms with van der Waals surface area (Å²) in [6, 6.07) is 23.7. The first-order chi connectivity index (χ1) is 15.0. The molecule has 3 rings (SSSR count). The summed E-state index contributed by atoms with van der Waals surface area (Å²) in [5.41, 5.74) is 1.68. The molecule has 5 nitrogen and oxygen atoms in total. The highest BCUT2D eigenvalue weighted by Crippen LogP contribution is 2.13. The van der Waals surface area contributed by atoms with Crippen molar-refractivity contribution in [2.45, 2.75) is 26.1 Å². The van der Waals surface area contributed by atoms with Crippen LogP contribution in [0.15, 0.2) is 84.9 Å². The van der Waals surface area contributed by atoms with Crippen LogP contribution in [0.4, 0.5) is 4.39 Å². The molecule has 0 unspecified atom stereocenters. The number of carbonyl (C=O) groups excluding carboxylic acids is 2. The molecule has 0 saturated carbocycles. The molecule has 1 atom stereocenters. The van der Waals surface area contributed by atoms with Crippen molar-refractivity contribution in [3.8, 4) is 5.75 Å². The number of amides is 2. The smallest absolute Gasteiger partial charge is 0.261 e. The molecule has 31 heavy (non-hydrogen) atoms. The third-order valence-corrected chi connectivity index (χ3v) is 4.85. The Labute approximate surface area is 181 Å². The second kappa shape index (κ2) is 10.9. The molecule has 0 bridgehead atoms. The summed E-state index contributed by atoms with van der Waals surface area (Å²) in [7, 11) is 0. The molecule has 0 aromatic heterocycles. The lowest BCUT2D eigenvalue weighted by molar-refractivity contribution is -0.142. The molecule has 2 amide bonds. The lowest BCUT2D eigenvalue weighted by Gasteiger charge is -2.28. The summed E-state index contributed by atoms with van der Waals surface area (Å²) in [4.78, 5) is 27.2. The lowest BCUT2D eigenvalue weighted by atomic mass is 10.1. The van der Waals surface area contributed by atoms with E-state index in [0.29, 0.717) is 12.3 Å².